The predicted molar refractivity (Wildman–Crippen MR) is 88.6 cm³/mol. The molecule has 0 N–H and O–H groups in total. The van der Waals surface area contributed by atoms with Crippen molar-refractivity contribution in [2.75, 3.05) is 6.73 Å². The van der Waals surface area contributed by atoms with E-state index in [4.69, 9.17) is 4.74 Å². The summed E-state index contributed by atoms with van der Waals surface area (Å²) in [5.74, 6) is -1.76. The van der Waals surface area contributed by atoms with Gasteiger partial charge in [0.1, 0.15) is 0 Å². The molecule has 1 aliphatic rings. The van der Waals surface area contributed by atoms with Crippen LogP contribution in [0, 0.1) is 0 Å². The van der Waals surface area contributed by atoms with Crippen LogP contribution in [0.15, 0.2) is 60.8 Å². The Morgan fingerprint density at radius 2 is 1.54 bits per heavy atom. The Morgan fingerprint density at radius 3 is 2.19 bits per heavy atom. The standard InChI is InChI=1S/C18H12N4O4/c23-16-13-8-4-5-9-14(13)17(24)21(16)11-26-18(25)15-10-19-22(20-15)12-6-2-1-3-7-12/h1-10H,11H2. The molecular weight excluding hydrogens is 336 g/mol. The summed E-state index contributed by atoms with van der Waals surface area (Å²) in [4.78, 5) is 38.8. The number of esters is 1. The van der Waals surface area contributed by atoms with E-state index in [1.165, 1.54) is 11.0 Å². The first-order valence-electron chi connectivity index (χ1n) is 7.75. The van der Waals surface area contributed by atoms with Gasteiger partial charge >= 0.3 is 5.97 Å². The highest BCUT2D eigenvalue weighted by molar-refractivity contribution is 6.21. The van der Waals surface area contributed by atoms with Crippen molar-refractivity contribution < 1.29 is 19.1 Å². The van der Waals surface area contributed by atoms with Gasteiger partial charge in [-0.3, -0.25) is 9.59 Å². The summed E-state index contributed by atoms with van der Waals surface area (Å²) in [5.41, 5.74) is 1.25. The highest BCUT2D eigenvalue weighted by Gasteiger charge is 2.35. The number of ether oxygens (including phenoxy) is 1. The van der Waals surface area contributed by atoms with Gasteiger partial charge in [-0.05, 0) is 24.3 Å². The lowest BCUT2D eigenvalue weighted by atomic mass is 10.1. The molecule has 0 saturated carbocycles. The van der Waals surface area contributed by atoms with Crippen LogP contribution in [0.25, 0.3) is 5.69 Å². The Kier molecular flexibility index (Phi) is 3.77. The molecule has 2 amide bonds. The van der Waals surface area contributed by atoms with E-state index in [-0.39, 0.29) is 5.69 Å². The molecule has 0 bridgehead atoms. The van der Waals surface area contributed by atoms with Crippen molar-refractivity contribution in [3.63, 3.8) is 0 Å². The fourth-order valence-electron chi connectivity index (χ4n) is 2.60. The van der Waals surface area contributed by atoms with E-state index in [1.807, 2.05) is 18.2 Å². The highest BCUT2D eigenvalue weighted by Crippen LogP contribution is 2.22. The SMILES string of the molecule is O=C(OCN1C(=O)c2ccccc2C1=O)c1cnn(-c2ccccc2)n1. The lowest BCUT2D eigenvalue weighted by Crippen LogP contribution is -2.33. The third-order valence-electron chi connectivity index (χ3n) is 3.89. The molecule has 0 saturated heterocycles. The van der Waals surface area contributed by atoms with Crippen LogP contribution in [0.1, 0.15) is 31.2 Å². The molecule has 0 fully saturated rings. The van der Waals surface area contributed by atoms with E-state index >= 15 is 0 Å². The smallest absolute Gasteiger partial charge is 0.362 e. The van der Waals surface area contributed by atoms with Gasteiger partial charge in [-0.15, -0.1) is 5.10 Å². The van der Waals surface area contributed by atoms with Crippen LogP contribution in [0.3, 0.4) is 0 Å². The minimum Gasteiger partial charge on any atom is -0.439 e. The van der Waals surface area contributed by atoms with Crippen molar-refractivity contribution >= 4 is 17.8 Å². The first-order valence-corrected chi connectivity index (χ1v) is 7.75. The summed E-state index contributed by atoms with van der Waals surface area (Å²) in [7, 11) is 0. The van der Waals surface area contributed by atoms with Gasteiger partial charge in [0.15, 0.2) is 12.4 Å². The Bertz CT molecular complexity index is 978. The molecule has 3 aromatic rings. The monoisotopic (exact) mass is 348 g/mol. The molecule has 0 unspecified atom stereocenters. The minimum absolute atomic E-state index is 0.0227. The van der Waals surface area contributed by atoms with Crippen LogP contribution >= 0.6 is 0 Å². The number of benzene rings is 2. The second-order valence-corrected chi connectivity index (χ2v) is 5.50. The largest absolute Gasteiger partial charge is 0.439 e. The lowest BCUT2D eigenvalue weighted by Gasteiger charge is -2.13. The second-order valence-electron chi connectivity index (χ2n) is 5.50. The minimum atomic E-state index is -0.774. The third-order valence-corrected chi connectivity index (χ3v) is 3.89. The number of hydrogen-bond donors (Lipinski definition) is 0. The first-order chi connectivity index (χ1) is 12.6. The van der Waals surface area contributed by atoms with Crippen molar-refractivity contribution in [2.45, 2.75) is 0 Å². The molecule has 0 spiro atoms. The summed E-state index contributed by atoms with van der Waals surface area (Å²) < 4.78 is 5.06. The fourth-order valence-corrected chi connectivity index (χ4v) is 2.60. The first kappa shape index (κ1) is 15.7. The van der Waals surface area contributed by atoms with Crippen molar-refractivity contribution in [1.82, 2.24) is 19.9 Å². The van der Waals surface area contributed by atoms with Gasteiger partial charge in [-0.25, -0.2) is 9.69 Å². The third kappa shape index (κ3) is 2.63. The maximum atomic E-state index is 12.2. The molecule has 2 aromatic carbocycles. The van der Waals surface area contributed by atoms with Gasteiger partial charge in [-0.2, -0.15) is 9.90 Å². The number of rotatable bonds is 4. The highest BCUT2D eigenvalue weighted by atomic mass is 16.5. The Labute approximate surface area is 147 Å². The molecule has 26 heavy (non-hydrogen) atoms. The van der Waals surface area contributed by atoms with E-state index in [0.29, 0.717) is 16.8 Å². The van der Waals surface area contributed by atoms with Crippen LogP contribution in [0.4, 0.5) is 0 Å². The molecule has 8 heteroatoms. The molecule has 1 aromatic heterocycles. The molecule has 4 rings (SSSR count). The maximum Gasteiger partial charge on any atom is 0.362 e. The second kappa shape index (κ2) is 6.25. The van der Waals surface area contributed by atoms with E-state index in [0.717, 1.165) is 4.90 Å². The van der Waals surface area contributed by atoms with Gasteiger partial charge in [-0.1, -0.05) is 30.3 Å². The Morgan fingerprint density at radius 1 is 0.923 bits per heavy atom. The van der Waals surface area contributed by atoms with Crippen LogP contribution in [-0.2, 0) is 4.74 Å². The van der Waals surface area contributed by atoms with Gasteiger partial charge in [0.2, 0.25) is 0 Å². The summed E-state index contributed by atoms with van der Waals surface area (Å²) in [6.45, 7) is -0.483. The van der Waals surface area contributed by atoms with Crippen LogP contribution in [-0.4, -0.2) is 44.4 Å². The van der Waals surface area contributed by atoms with Gasteiger partial charge < -0.3 is 4.74 Å². The van der Waals surface area contributed by atoms with Crippen molar-refractivity contribution in [2.24, 2.45) is 0 Å². The zero-order valence-corrected chi connectivity index (χ0v) is 13.4. The van der Waals surface area contributed by atoms with E-state index < -0.39 is 24.5 Å². The molecule has 0 aliphatic carbocycles. The Balaban J connectivity index is 1.45. The van der Waals surface area contributed by atoms with Crippen molar-refractivity contribution in [3.05, 3.63) is 77.6 Å². The van der Waals surface area contributed by atoms with E-state index in [2.05, 4.69) is 10.2 Å². The molecule has 2 heterocycles. The maximum absolute atomic E-state index is 12.2. The molecule has 0 atom stereocenters. The molecular formula is C18H12N4O4. The topological polar surface area (TPSA) is 94.4 Å². The average Bonchev–Trinajstić information content (AvgIpc) is 3.26. The zero-order valence-electron chi connectivity index (χ0n) is 13.4. The molecule has 128 valence electrons. The Hall–Kier alpha value is -3.81. The van der Waals surface area contributed by atoms with Crippen LogP contribution in [0.5, 0.6) is 0 Å². The van der Waals surface area contributed by atoms with Crippen molar-refractivity contribution in [3.8, 4) is 5.69 Å². The fraction of sp³-hybridized carbons (Fsp3) is 0.0556. The summed E-state index contributed by atoms with van der Waals surface area (Å²) >= 11 is 0. The number of carbonyl (C=O) groups is 3. The quantitative estimate of drug-likeness (QED) is 0.526. The normalized spacial score (nSPS) is 13.0. The zero-order chi connectivity index (χ0) is 18.1. The number of imide groups is 1. The number of amides is 2. The summed E-state index contributed by atoms with van der Waals surface area (Å²) in [5, 5.41) is 8.05. The van der Waals surface area contributed by atoms with Gasteiger partial charge in [0.25, 0.3) is 11.8 Å². The van der Waals surface area contributed by atoms with Crippen LogP contribution in [0.2, 0.25) is 0 Å². The van der Waals surface area contributed by atoms with E-state index in [9.17, 15) is 14.4 Å². The average molecular weight is 348 g/mol. The van der Waals surface area contributed by atoms with E-state index in [1.54, 1.807) is 36.4 Å². The van der Waals surface area contributed by atoms with Gasteiger partial charge in [0.05, 0.1) is 23.0 Å². The summed E-state index contributed by atoms with van der Waals surface area (Å²) in [6, 6.07) is 15.5. The number of nitrogens with zero attached hydrogens (tertiary/aromatic N) is 4. The number of fused-ring (bicyclic) bond motifs is 1. The molecule has 8 nitrogen and oxygen atoms in total. The summed E-state index contributed by atoms with van der Waals surface area (Å²) in [6.07, 6.45) is 1.26. The number of hydrogen-bond acceptors (Lipinski definition) is 6. The molecule has 0 radical (unpaired) electrons. The number of carbonyl (C=O) groups excluding carboxylic acids is 3. The number of aromatic nitrogens is 3. The van der Waals surface area contributed by atoms with Crippen molar-refractivity contribution in [1.29, 1.82) is 0 Å². The number of para-hydroxylation sites is 1. The van der Waals surface area contributed by atoms with Crippen LogP contribution < -0.4 is 0 Å². The van der Waals surface area contributed by atoms with Gasteiger partial charge in [0, 0.05) is 0 Å². The lowest BCUT2D eigenvalue weighted by molar-refractivity contribution is 0.0223. The molecule has 1 aliphatic heterocycles. The predicted octanol–water partition coefficient (Wildman–Crippen LogP) is 1.68.